The monoisotopic (exact) mass is 269 g/mol. The van der Waals surface area contributed by atoms with E-state index in [0.29, 0.717) is 32.5 Å². The van der Waals surface area contributed by atoms with E-state index in [4.69, 9.17) is 4.42 Å². The van der Waals surface area contributed by atoms with Crippen LogP contribution in [0.4, 0.5) is 4.39 Å². The Bertz CT molecular complexity index is 439. The highest BCUT2D eigenvalue weighted by Gasteiger charge is 2.34. The maximum atomic E-state index is 14.4. The maximum absolute atomic E-state index is 14.4. The van der Waals surface area contributed by atoms with Crippen LogP contribution in [0.1, 0.15) is 31.2 Å². The number of likely N-dealkylation sites (tertiary alicyclic amines) is 1. The molecule has 19 heavy (non-hydrogen) atoms. The van der Waals surface area contributed by atoms with E-state index in [-0.39, 0.29) is 12.5 Å². The Kier molecular flexibility index (Phi) is 4.19. The third-order valence-electron chi connectivity index (χ3n) is 3.62. The van der Waals surface area contributed by atoms with Gasteiger partial charge in [-0.25, -0.2) is 9.37 Å². The molecule has 0 bridgehead atoms. The second-order valence-corrected chi connectivity index (χ2v) is 5.19. The van der Waals surface area contributed by atoms with Crippen molar-refractivity contribution in [2.24, 2.45) is 0 Å². The summed E-state index contributed by atoms with van der Waals surface area (Å²) in [5.74, 6) is 0.632. The van der Waals surface area contributed by atoms with E-state index in [9.17, 15) is 9.18 Å². The van der Waals surface area contributed by atoms with Crippen molar-refractivity contribution in [1.82, 2.24) is 15.2 Å². The molecule has 1 aliphatic rings. The van der Waals surface area contributed by atoms with Gasteiger partial charge in [0.2, 0.25) is 5.91 Å². The maximum Gasteiger partial charge on any atom is 0.216 e. The number of aryl methyl sites for hydroxylation is 1. The molecular weight excluding hydrogens is 249 g/mol. The normalized spacial score (nSPS) is 19.3. The molecule has 0 radical (unpaired) electrons. The van der Waals surface area contributed by atoms with Crippen molar-refractivity contribution < 1.29 is 13.6 Å². The van der Waals surface area contributed by atoms with E-state index in [0.717, 1.165) is 11.5 Å². The van der Waals surface area contributed by atoms with Gasteiger partial charge >= 0.3 is 0 Å². The van der Waals surface area contributed by atoms with Crippen LogP contribution >= 0.6 is 0 Å². The molecule has 0 aromatic carbocycles. The summed E-state index contributed by atoms with van der Waals surface area (Å²) in [4.78, 5) is 17.1. The zero-order valence-electron chi connectivity index (χ0n) is 11.4. The van der Waals surface area contributed by atoms with Crippen LogP contribution in [0, 0.1) is 6.92 Å². The summed E-state index contributed by atoms with van der Waals surface area (Å²) in [5, 5.41) is 2.57. The van der Waals surface area contributed by atoms with E-state index in [1.54, 1.807) is 0 Å². The van der Waals surface area contributed by atoms with Gasteiger partial charge in [0.15, 0.2) is 6.39 Å². The number of rotatable bonds is 4. The molecule has 2 rings (SSSR count). The van der Waals surface area contributed by atoms with Crippen LogP contribution in [0.15, 0.2) is 10.8 Å². The van der Waals surface area contributed by atoms with Gasteiger partial charge in [-0.1, -0.05) is 0 Å². The Morgan fingerprint density at radius 1 is 1.58 bits per heavy atom. The first-order chi connectivity index (χ1) is 8.98. The number of amides is 1. The number of carbonyl (C=O) groups excluding carboxylic acids is 1. The first-order valence-electron chi connectivity index (χ1n) is 6.53. The summed E-state index contributed by atoms with van der Waals surface area (Å²) in [6.45, 7) is 5.43. The van der Waals surface area contributed by atoms with Crippen molar-refractivity contribution in [3.8, 4) is 0 Å². The minimum Gasteiger partial charge on any atom is -0.448 e. The third kappa shape index (κ3) is 3.76. The average molecular weight is 269 g/mol. The van der Waals surface area contributed by atoms with Gasteiger partial charge in [0, 0.05) is 26.6 Å². The molecular formula is C13H20FN3O2. The fourth-order valence-electron chi connectivity index (χ4n) is 2.26. The number of oxazole rings is 1. The summed E-state index contributed by atoms with van der Waals surface area (Å²) in [7, 11) is 0. The zero-order valence-corrected chi connectivity index (χ0v) is 11.4. The second kappa shape index (κ2) is 5.69. The van der Waals surface area contributed by atoms with Crippen molar-refractivity contribution in [3.05, 3.63) is 17.8 Å². The first kappa shape index (κ1) is 14.0. The van der Waals surface area contributed by atoms with Crippen molar-refractivity contribution >= 4 is 5.91 Å². The molecule has 0 aliphatic carbocycles. The van der Waals surface area contributed by atoms with E-state index < -0.39 is 5.67 Å². The highest BCUT2D eigenvalue weighted by Crippen LogP contribution is 2.26. The molecule has 0 atom stereocenters. The standard InChI is InChI=1S/C13H20FN3O2/c1-10-12(16-9-19-10)7-17-5-3-13(14,4-6-17)8-15-11(2)18/h9H,3-8H2,1-2H3,(H,15,18). The van der Waals surface area contributed by atoms with E-state index in [1.807, 2.05) is 6.92 Å². The lowest BCUT2D eigenvalue weighted by molar-refractivity contribution is -0.119. The molecule has 0 spiro atoms. The highest BCUT2D eigenvalue weighted by atomic mass is 19.1. The van der Waals surface area contributed by atoms with Gasteiger partial charge in [0.25, 0.3) is 0 Å². The van der Waals surface area contributed by atoms with Gasteiger partial charge in [-0.3, -0.25) is 9.69 Å². The summed E-state index contributed by atoms with van der Waals surface area (Å²) in [6, 6.07) is 0. The van der Waals surface area contributed by atoms with Crippen molar-refractivity contribution in [3.63, 3.8) is 0 Å². The van der Waals surface area contributed by atoms with Gasteiger partial charge < -0.3 is 9.73 Å². The molecule has 1 aromatic rings. The number of halogens is 1. The molecule has 1 amide bonds. The Balaban J connectivity index is 1.82. The zero-order chi connectivity index (χ0) is 13.9. The fourth-order valence-corrected chi connectivity index (χ4v) is 2.26. The molecule has 1 fully saturated rings. The lowest BCUT2D eigenvalue weighted by atomic mass is 9.93. The topological polar surface area (TPSA) is 58.4 Å². The number of nitrogens with zero attached hydrogens (tertiary/aromatic N) is 2. The minimum atomic E-state index is -1.28. The predicted molar refractivity (Wildman–Crippen MR) is 68.3 cm³/mol. The van der Waals surface area contributed by atoms with E-state index in [1.165, 1.54) is 13.3 Å². The van der Waals surface area contributed by atoms with Gasteiger partial charge in [0.05, 0.1) is 12.2 Å². The van der Waals surface area contributed by atoms with Crippen LogP contribution in [0.3, 0.4) is 0 Å². The Morgan fingerprint density at radius 2 is 2.26 bits per heavy atom. The molecule has 1 N–H and O–H groups in total. The van der Waals surface area contributed by atoms with Crippen LogP contribution in [-0.4, -0.2) is 41.1 Å². The van der Waals surface area contributed by atoms with Crippen LogP contribution in [0.2, 0.25) is 0 Å². The summed E-state index contributed by atoms with van der Waals surface area (Å²) in [5.41, 5.74) is -0.366. The number of hydrogen-bond acceptors (Lipinski definition) is 4. The quantitative estimate of drug-likeness (QED) is 0.898. The lowest BCUT2D eigenvalue weighted by Crippen LogP contribution is -2.47. The minimum absolute atomic E-state index is 0.110. The number of alkyl halides is 1. The van der Waals surface area contributed by atoms with Crippen molar-refractivity contribution in [2.75, 3.05) is 19.6 Å². The highest BCUT2D eigenvalue weighted by molar-refractivity contribution is 5.72. The van der Waals surface area contributed by atoms with Gasteiger partial charge in [0.1, 0.15) is 11.4 Å². The molecule has 5 nitrogen and oxygen atoms in total. The van der Waals surface area contributed by atoms with Crippen molar-refractivity contribution in [1.29, 1.82) is 0 Å². The second-order valence-electron chi connectivity index (χ2n) is 5.19. The molecule has 2 heterocycles. The SMILES string of the molecule is CC(=O)NCC1(F)CCN(Cc2ncoc2C)CC1. The molecule has 1 aromatic heterocycles. The van der Waals surface area contributed by atoms with Crippen LogP contribution in [0.25, 0.3) is 0 Å². The van der Waals surface area contributed by atoms with Crippen LogP contribution < -0.4 is 5.32 Å². The summed E-state index contributed by atoms with van der Waals surface area (Å²) in [6.07, 6.45) is 2.30. The number of carbonyl (C=O) groups is 1. The molecule has 1 saturated heterocycles. The lowest BCUT2D eigenvalue weighted by Gasteiger charge is -2.36. The Morgan fingerprint density at radius 3 is 2.79 bits per heavy atom. The smallest absolute Gasteiger partial charge is 0.216 e. The third-order valence-corrected chi connectivity index (χ3v) is 3.62. The predicted octanol–water partition coefficient (Wildman–Crippen LogP) is 1.42. The summed E-state index contributed by atoms with van der Waals surface area (Å²) >= 11 is 0. The summed E-state index contributed by atoms with van der Waals surface area (Å²) < 4.78 is 19.5. The number of hydrogen-bond donors (Lipinski definition) is 1. The molecule has 6 heteroatoms. The first-order valence-corrected chi connectivity index (χ1v) is 6.53. The number of aromatic nitrogens is 1. The molecule has 106 valence electrons. The van der Waals surface area contributed by atoms with Gasteiger partial charge in [-0.2, -0.15) is 0 Å². The Hall–Kier alpha value is -1.43. The number of nitrogens with one attached hydrogen (secondary N) is 1. The van der Waals surface area contributed by atoms with E-state index >= 15 is 0 Å². The molecule has 1 aliphatic heterocycles. The average Bonchev–Trinajstić information content (AvgIpc) is 2.76. The van der Waals surface area contributed by atoms with Crippen molar-refractivity contribution in [2.45, 2.75) is 38.9 Å². The van der Waals surface area contributed by atoms with Crippen LogP contribution in [-0.2, 0) is 11.3 Å². The Labute approximate surface area is 112 Å². The molecule has 0 unspecified atom stereocenters. The van der Waals surface area contributed by atoms with Crippen LogP contribution in [0.5, 0.6) is 0 Å². The fraction of sp³-hybridized carbons (Fsp3) is 0.692. The van der Waals surface area contributed by atoms with E-state index in [2.05, 4.69) is 15.2 Å². The molecule has 0 saturated carbocycles. The van der Waals surface area contributed by atoms with Gasteiger partial charge in [-0.05, 0) is 19.8 Å². The number of piperidine rings is 1. The largest absolute Gasteiger partial charge is 0.448 e. The van der Waals surface area contributed by atoms with Gasteiger partial charge in [-0.15, -0.1) is 0 Å².